The smallest absolute Gasteiger partial charge is 0.394 e. The van der Waals surface area contributed by atoms with Gasteiger partial charge in [-0.1, -0.05) is 0 Å². The summed E-state index contributed by atoms with van der Waals surface area (Å²) < 4.78 is 36.5. The quantitative estimate of drug-likeness (QED) is 0.748. The molecule has 7 heteroatoms. The molecule has 0 aromatic carbocycles. The van der Waals surface area contributed by atoms with Crippen LogP contribution in [0.25, 0.3) is 0 Å². The van der Waals surface area contributed by atoms with Crippen LogP contribution in [0.3, 0.4) is 0 Å². The first kappa shape index (κ1) is 10.6. The SMILES string of the molecule is CN(C)c1nc(C(F)(F)F)ncc1N. The molecule has 0 atom stereocenters. The van der Waals surface area contributed by atoms with Gasteiger partial charge < -0.3 is 10.6 Å². The van der Waals surface area contributed by atoms with Crippen molar-refractivity contribution in [2.45, 2.75) is 6.18 Å². The number of hydrogen-bond donors (Lipinski definition) is 1. The van der Waals surface area contributed by atoms with E-state index in [0.717, 1.165) is 6.20 Å². The molecule has 1 aromatic rings. The fraction of sp³-hybridized carbons (Fsp3) is 0.429. The standard InChI is InChI=1S/C7H9F3N4/c1-14(2)5-4(11)3-12-6(13-5)7(8,9)10/h3H,11H2,1-2H3. The molecule has 0 aliphatic rings. The van der Waals surface area contributed by atoms with Gasteiger partial charge in [0.05, 0.1) is 11.9 Å². The van der Waals surface area contributed by atoms with Crippen molar-refractivity contribution in [3.8, 4) is 0 Å². The highest BCUT2D eigenvalue weighted by Gasteiger charge is 2.35. The monoisotopic (exact) mass is 206 g/mol. The van der Waals surface area contributed by atoms with Gasteiger partial charge in [0.1, 0.15) is 0 Å². The van der Waals surface area contributed by atoms with Crippen molar-refractivity contribution in [3.63, 3.8) is 0 Å². The first-order valence-corrected chi connectivity index (χ1v) is 3.69. The highest BCUT2D eigenvalue weighted by molar-refractivity contribution is 5.60. The fourth-order valence-electron chi connectivity index (χ4n) is 0.877. The number of aromatic nitrogens is 2. The number of anilines is 2. The molecule has 1 heterocycles. The molecule has 0 spiro atoms. The Morgan fingerprint density at radius 3 is 2.36 bits per heavy atom. The minimum absolute atomic E-state index is 0.0623. The molecule has 0 saturated carbocycles. The Labute approximate surface area is 78.6 Å². The minimum atomic E-state index is -4.54. The summed E-state index contributed by atoms with van der Waals surface area (Å²) in [6.45, 7) is 0. The Bertz CT molecular complexity index is 334. The molecule has 2 N–H and O–H groups in total. The fourth-order valence-corrected chi connectivity index (χ4v) is 0.877. The normalized spacial score (nSPS) is 11.5. The zero-order valence-corrected chi connectivity index (χ0v) is 7.63. The molecular weight excluding hydrogens is 197 g/mol. The summed E-state index contributed by atoms with van der Waals surface area (Å²) >= 11 is 0. The molecule has 0 radical (unpaired) electrons. The third-order valence-electron chi connectivity index (χ3n) is 1.47. The number of nitrogen functional groups attached to an aromatic ring is 1. The van der Waals surface area contributed by atoms with E-state index in [1.165, 1.54) is 4.90 Å². The molecule has 1 aromatic heterocycles. The maximum Gasteiger partial charge on any atom is 0.451 e. The molecule has 0 unspecified atom stereocenters. The number of halogens is 3. The number of alkyl halides is 3. The van der Waals surface area contributed by atoms with Crippen molar-refractivity contribution in [3.05, 3.63) is 12.0 Å². The molecule has 1 rings (SSSR count). The van der Waals surface area contributed by atoms with Gasteiger partial charge in [0.15, 0.2) is 5.82 Å². The minimum Gasteiger partial charge on any atom is -0.394 e. The molecule has 0 amide bonds. The van der Waals surface area contributed by atoms with E-state index in [1.807, 2.05) is 0 Å². The maximum atomic E-state index is 12.2. The Kier molecular flexibility index (Phi) is 2.50. The van der Waals surface area contributed by atoms with Crippen LogP contribution in [-0.2, 0) is 6.18 Å². The zero-order valence-electron chi connectivity index (χ0n) is 7.63. The van der Waals surface area contributed by atoms with Gasteiger partial charge in [0, 0.05) is 14.1 Å². The maximum absolute atomic E-state index is 12.2. The lowest BCUT2D eigenvalue weighted by Gasteiger charge is -2.14. The summed E-state index contributed by atoms with van der Waals surface area (Å²) in [7, 11) is 3.11. The van der Waals surface area contributed by atoms with Gasteiger partial charge in [0.25, 0.3) is 0 Å². The molecule has 78 valence electrons. The highest BCUT2D eigenvalue weighted by Crippen LogP contribution is 2.28. The lowest BCUT2D eigenvalue weighted by Crippen LogP contribution is -2.18. The van der Waals surface area contributed by atoms with Gasteiger partial charge in [-0.2, -0.15) is 13.2 Å². The lowest BCUT2D eigenvalue weighted by atomic mass is 10.4. The second kappa shape index (κ2) is 3.32. The average molecular weight is 206 g/mol. The third-order valence-corrected chi connectivity index (χ3v) is 1.47. The first-order chi connectivity index (χ1) is 6.32. The molecule has 0 fully saturated rings. The van der Waals surface area contributed by atoms with Crippen LogP contribution in [0.4, 0.5) is 24.7 Å². The van der Waals surface area contributed by atoms with Crippen LogP contribution in [0.5, 0.6) is 0 Å². The molecule has 4 nitrogen and oxygen atoms in total. The van der Waals surface area contributed by atoms with Crippen LogP contribution in [0.2, 0.25) is 0 Å². The second-order valence-corrected chi connectivity index (χ2v) is 2.86. The van der Waals surface area contributed by atoms with Gasteiger partial charge in [-0.25, -0.2) is 9.97 Å². The first-order valence-electron chi connectivity index (χ1n) is 3.69. The summed E-state index contributed by atoms with van der Waals surface area (Å²) in [6.07, 6.45) is -3.59. The Morgan fingerprint density at radius 1 is 1.36 bits per heavy atom. The zero-order chi connectivity index (χ0) is 10.9. The molecule has 0 aliphatic heterocycles. The lowest BCUT2D eigenvalue weighted by molar-refractivity contribution is -0.144. The van der Waals surface area contributed by atoms with Crippen LogP contribution in [0.1, 0.15) is 5.82 Å². The van der Waals surface area contributed by atoms with E-state index in [0.29, 0.717) is 0 Å². The van der Waals surface area contributed by atoms with Crippen molar-refractivity contribution in [1.82, 2.24) is 9.97 Å². The number of nitrogens with zero attached hydrogens (tertiary/aromatic N) is 3. The van der Waals surface area contributed by atoms with E-state index in [4.69, 9.17) is 5.73 Å². The summed E-state index contributed by atoms with van der Waals surface area (Å²) in [5.74, 6) is -1.12. The summed E-state index contributed by atoms with van der Waals surface area (Å²) in [6, 6.07) is 0. The Balaban J connectivity index is 3.20. The van der Waals surface area contributed by atoms with Crippen molar-refractivity contribution in [2.24, 2.45) is 0 Å². The predicted octanol–water partition coefficient (Wildman–Crippen LogP) is 1.14. The van der Waals surface area contributed by atoms with E-state index in [1.54, 1.807) is 14.1 Å². The molecule has 0 bridgehead atoms. The number of nitrogens with two attached hydrogens (primary N) is 1. The van der Waals surface area contributed by atoms with Crippen LogP contribution >= 0.6 is 0 Å². The molecule has 0 saturated heterocycles. The van der Waals surface area contributed by atoms with Crippen molar-refractivity contribution in [1.29, 1.82) is 0 Å². The van der Waals surface area contributed by atoms with Gasteiger partial charge in [-0.05, 0) is 0 Å². The van der Waals surface area contributed by atoms with Gasteiger partial charge in [-0.3, -0.25) is 0 Å². The molecular formula is C7H9F3N4. The highest BCUT2D eigenvalue weighted by atomic mass is 19.4. The second-order valence-electron chi connectivity index (χ2n) is 2.86. The molecule has 14 heavy (non-hydrogen) atoms. The number of hydrogen-bond acceptors (Lipinski definition) is 4. The largest absolute Gasteiger partial charge is 0.451 e. The summed E-state index contributed by atoms with van der Waals surface area (Å²) in [5, 5.41) is 0. The molecule has 0 aliphatic carbocycles. The van der Waals surface area contributed by atoms with Crippen molar-refractivity contribution >= 4 is 11.5 Å². The Morgan fingerprint density at radius 2 is 1.93 bits per heavy atom. The van der Waals surface area contributed by atoms with E-state index < -0.39 is 12.0 Å². The van der Waals surface area contributed by atoms with Crippen LogP contribution in [0.15, 0.2) is 6.20 Å². The topological polar surface area (TPSA) is 55.0 Å². The van der Waals surface area contributed by atoms with E-state index in [9.17, 15) is 13.2 Å². The average Bonchev–Trinajstić information content (AvgIpc) is 2.02. The summed E-state index contributed by atoms with van der Waals surface area (Å²) in [4.78, 5) is 7.81. The van der Waals surface area contributed by atoms with E-state index >= 15 is 0 Å². The van der Waals surface area contributed by atoms with Gasteiger partial charge >= 0.3 is 6.18 Å². The van der Waals surface area contributed by atoms with Gasteiger partial charge in [0.2, 0.25) is 5.82 Å². The van der Waals surface area contributed by atoms with E-state index in [-0.39, 0.29) is 11.5 Å². The predicted molar refractivity (Wildman–Crippen MR) is 45.8 cm³/mol. The van der Waals surface area contributed by atoms with Crippen LogP contribution < -0.4 is 10.6 Å². The number of rotatable bonds is 1. The Hall–Kier alpha value is -1.53. The van der Waals surface area contributed by atoms with Crippen molar-refractivity contribution in [2.75, 3.05) is 24.7 Å². The third kappa shape index (κ3) is 2.04. The van der Waals surface area contributed by atoms with E-state index in [2.05, 4.69) is 9.97 Å². The van der Waals surface area contributed by atoms with Crippen molar-refractivity contribution < 1.29 is 13.2 Å². The van der Waals surface area contributed by atoms with Gasteiger partial charge in [-0.15, -0.1) is 0 Å². The van der Waals surface area contributed by atoms with Crippen LogP contribution in [-0.4, -0.2) is 24.1 Å². The summed E-state index contributed by atoms with van der Waals surface area (Å²) in [5.41, 5.74) is 5.51. The van der Waals surface area contributed by atoms with Crippen LogP contribution in [0, 0.1) is 0 Å².